The Morgan fingerprint density at radius 2 is 1.57 bits per heavy atom. The number of benzene rings is 2. The molecule has 0 radical (unpaired) electrons. The Labute approximate surface area is 126 Å². The molecule has 0 aromatic heterocycles. The standard InChI is InChI=1S/C15H13ClN2O3/c16-12-8-6-11(7-9-12)14(20)17-18-15(21)13(19)10-4-2-1-3-5-10/h1-9,13,19H,(H,17,20)(H,18,21). The molecule has 0 bridgehead atoms. The van der Waals surface area contributed by atoms with Crippen molar-refractivity contribution in [2.45, 2.75) is 6.10 Å². The second-order valence-electron chi connectivity index (χ2n) is 4.26. The van der Waals surface area contributed by atoms with Crippen LogP contribution in [0.15, 0.2) is 54.6 Å². The fourth-order valence-electron chi connectivity index (χ4n) is 1.65. The van der Waals surface area contributed by atoms with Gasteiger partial charge in [-0.2, -0.15) is 0 Å². The van der Waals surface area contributed by atoms with Crippen LogP contribution in [0.3, 0.4) is 0 Å². The van der Waals surface area contributed by atoms with Crippen LogP contribution < -0.4 is 10.9 Å². The van der Waals surface area contributed by atoms with E-state index >= 15 is 0 Å². The number of aliphatic hydroxyl groups is 1. The van der Waals surface area contributed by atoms with Gasteiger partial charge in [0.25, 0.3) is 11.8 Å². The van der Waals surface area contributed by atoms with E-state index in [9.17, 15) is 14.7 Å². The number of hydrazine groups is 1. The lowest BCUT2D eigenvalue weighted by Crippen LogP contribution is -2.43. The van der Waals surface area contributed by atoms with Crippen LogP contribution in [0.2, 0.25) is 5.02 Å². The quantitative estimate of drug-likeness (QED) is 0.757. The van der Waals surface area contributed by atoms with Gasteiger partial charge >= 0.3 is 0 Å². The molecule has 1 unspecified atom stereocenters. The van der Waals surface area contributed by atoms with Crippen LogP contribution in [0, 0.1) is 0 Å². The summed E-state index contributed by atoms with van der Waals surface area (Å²) < 4.78 is 0. The zero-order valence-corrected chi connectivity index (χ0v) is 11.7. The van der Waals surface area contributed by atoms with E-state index in [1.807, 2.05) is 0 Å². The van der Waals surface area contributed by atoms with Crippen molar-refractivity contribution in [2.24, 2.45) is 0 Å². The van der Waals surface area contributed by atoms with E-state index in [0.29, 0.717) is 16.1 Å². The summed E-state index contributed by atoms with van der Waals surface area (Å²) in [6.45, 7) is 0. The van der Waals surface area contributed by atoms with E-state index in [4.69, 9.17) is 11.6 Å². The zero-order chi connectivity index (χ0) is 15.2. The summed E-state index contributed by atoms with van der Waals surface area (Å²) in [4.78, 5) is 23.5. The van der Waals surface area contributed by atoms with E-state index in [2.05, 4.69) is 10.9 Å². The summed E-state index contributed by atoms with van der Waals surface area (Å²) in [5, 5.41) is 10.3. The lowest BCUT2D eigenvalue weighted by Gasteiger charge is -2.12. The van der Waals surface area contributed by atoms with E-state index in [0.717, 1.165) is 0 Å². The molecule has 0 aliphatic carbocycles. The Hall–Kier alpha value is -2.37. The Morgan fingerprint density at radius 1 is 0.952 bits per heavy atom. The number of halogens is 1. The third kappa shape index (κ3) is 4.05. The van der Waals surface area contributed by atoms with Crippen molar-refractivity contribution in [3.63, 3.8) is 0 Å². The van der Waals surface area contributed by atoms with Gasteiger partial charge in [-0.1, -0.05) is 41.9 Å². The number of hydrogen-bond acceptors (Lipinski definition) is 3. The van der Waals surface area contributed by atoms with Crippen LogP contribution in [-0.4, -0.2) is 16.9 Å². The van der Waals surface area contributed by atoms with Gasteiger partial charge in [-0.15, -0.1) is 0 Å². The fraction of sp³-hybridized carbons (Fsp3) is 0.0667. The maximum Gasteiger partial charge on any atom is 0.271 e. The number of rotatable bonds is 3. The molecule has 3 N–H and O–H groups in total. The molecule has 0 heterocycles. The van der Waals surface area contributed by atoms with Crippen LogP contribution in [0.5, 0.6) is 0 Å². The van der Waals surface area contributed by atoms with Crippen LogP contribution in [0.1, 0.15) is 22.0 Å². The van der Waals surface area contributed by atoms with Gasteiger partial charge in [0.1, 0.15) is 0 Å². The molecular weight excluding hydrogens is 292 g/mol. The normalized spacial score (nSPS) is 11.5. The molecule has 108 valence electrons. The Morgan fingerprint density at radius 3 is 2.19 bits per heavy atom. The highest BCUT2D eigenvalue weighted by Gasteiger charge is 2.17. The number of carbonyl (C=O) groups is 2. The first-order chi connectivity index (χ1) is 10.1. The number of aliphatic hydroxyl groups excluding tert-OH is 1. The molecule has 2 aromatic carbocycles. The molecule has 0 saturated heterocycles. The molecule has 0 fully saturated rings. The summed E-state index contributed by atoms with van der Waals surface area (Å²) in [6, 6.07) is 14.6. The monoisotopic (exact) mass is 304 g/mol. The van der Waals surface area contributed by atoms with E-state index in [-0.39, 0.29) is 0 Å². The average molecular weight is 305 g/mol. The number of nitrogens with one attached hydrogen (secondary N) is 2. The predicted molar refractivity (Wildman–Crippen MR) is 78.5 cm³/mol. The lowest BCUT2D eigenvalue weighted by atomic mass is 10.1. The van der Waals surface area contributed by atoms with E-state index < -0.39 is 17.9 Å². The van der Waals surface area contributed by atoms with Gasteiger partial charge in [-0.05, 0) is 29.8 Å². The molecule has 5 nitrogen and oxygen atoms in total. The third-order valence-electron chi connectivity index (χ3n) is 2.77. The van der Waals surface area contributed by atoms with Crippen LogP contribution >= 0.6 is 11.6 Å². The molecule has 0 aliphatic heterocycles. The first-order valence-corrected chi connectivity index (χ1v) is 6.54. The van der Waals surface area contributed by atoms with Gasteiger partial charge in [0, 0.05) is 10.6 Å². The Bertz CT molecular complexity index is 629. The molecule has 1 atom stereocenters. The summed E-state index contributed by atoms with van der Waals surface area (Å²) in [7, 11) is 0. The highest BCUT2D eigenvalue weighted by Crippen LogP contribution is 2.12. The van der Waals surface area contributed by atoms with Crippen molar-refractivity contribution in [2.75, 3.05) is 0 Å². The second kappa shape index (κ2) is 6.88. The van der Waals surface area contributed by atoms with Crippen LogP contribution in [0.4, 0.5) is 0 Å². The molecule has 2 aromatic rings. The Balaban J connectivity index is 1.92. The van der Waals surface area contributed by atoms with Crippen LogP contribution in [0.25, 0.3) is 0 Å². The van der Waals surface area contributed by atoms with Crippen LogP contribution in [-0.2, 0) is 4.79 Å². The predicted octanol–water partition coefficient (Wildman–Crippen LogP) is 1.83. The smallest absolute Gasteiger partial charge is 0.271 e. The minimum Gasteiger partial charge on any atom is -0.378 e. The second-order valence-corrected chi connectivity index (χ2v) is 4.70. The largest absolute Gasteiger partial charge is 0.378 e. The van der Waals surface area contributed by atoms with Crippen molar-refractivity contribution in [3.8, 4) is 0 Å². The van der Waals surface area contributed by atoms with Gasteiger partial charge in [0.2, 0.25) is 0 Å². The van der Waals surface area contributed by atoms with Crippen molar-refractivity contribution >= 4 is 23.4 Å². The molecule has 2 rings (SSSR count). The molecule has 0 saturated carbocycles. The molecule has 2 amide bonds. The highest BCUT2D eigenvalue weighted by atomic mass is 35.5. The fourth-order valence-corrected chi connectivity index (χ4v) is 1.77. The van der Waals surface area contributed by atoms with Crippen molar-refractivity contribution in [3.05, 3.63) is 70.7 Å². The third-order valence-corrected chi connectivity index (χ3v) is 3.02. The van der Waals surface area contributed by atoms with Gasteiger partial charge in [-0.3, -0.25) is 20.4 Å². The minimum absolute atomic E-state index is 0.342. The van der Waals surface area contributed by atoms with Gasteiger partial charge in [0.05, 0.1) is 0 Å². The maximum absolute atomic E-state index is 11.8. The van der Waals surface area contributed by atoms with Gasteiger partial charge in [0.15, 0.2) is 6.10 Å². The summed E-state index contributed by atoms with van der Waals surface area (Å²) >= 11 is 5.72. The number of carbonyl (C=O) groups excluding carboxylic acids is 2. The first kappa shape index (κ1) is 15.0. The summed E-state index contributed by atoms with van der Waals surface area (Å²) in [5.41, 5.74) is 5.18. The number of hydrogen-bond donors (Lipinski definition) is 3. The molecule has 21 heavy (non-hydrogen) atoms. The number of amides is 2. The minimum atomic E-state index is -1.35. The highest BCUT2D eigenvalue weighted by molar-refractivity contribution is 6.30. The van der Waals surface area contributed by atoms with Crippen molar-refractivity contribution < 1.29 is 14.7 Å². The first-order valence-electron chi connectivity index (χ1n) is 6.16. The molecule has 0 spiro atoms. The van der Waals surface area contributed by atoms with Gasteiger partial charge < -0.3 is 5.11 Å². The molecule has 6 heteroatoms. The van der Waals surface area contributed by atoms with Crippen molar-refractivity contribution in [1.82, 2.24) is 10.9 Å². The molecule has 0 aliphatic rings. The van der Waals surface area contributed by atoms with Gasteiger partial charge in [-0.25, -0.2) is 0 Å². The zero-order valence-electron chi connectivity index (χ0n) is 10.9. The van der Waals surface area contributed by atoms with E-state index in [1.165, 1.54) is 12.1 Å². The van der Waals surface area contributed by atoms with E-state index in [1.54, 1.807) is 42.5 Å². The summed E-state index contributed by atoms with van der Waals surface area (Å²) in [6.07, 6.45) is -1.35. The summed E-state index contributed by atoms with van der Waals surface area (Å²) in [5.74, 6) is -1.22. The lowest BCUT2D eigenvalue weighted by molar-refractivity contribution is -0.130. The average Bonchev–Trinajstić information content (AvgIpc) is 2.53. The topological polar surface area (TPSA) is 78.4 Å². The maximum atomic E-state index is 11.8. The SMILES string of the molecule is O=C(NNC(=O)C(O)c1ccccc1)c1ccc(Cl)cc1. The Kier molecular flexibility index (Phi) is 4.92. The van der Waals surface area contributed by atoms with Crippen molar-refractivity contribution in [1.29, 1.82) is 0 Å². The molecular formula is C15H13ClN2O3.